The molecule has 0 bridgehead atoms. The van der Waals surface area contributed by atoms with E-state index < -0.39 is 0 Å². The van der Waals surface area contributed by atoms with Gasteiger partial charge in [-0.15, -0.1) is 0 Å². The van der Waals surface area contributed by atoms with E-state index in [9.17, 15) is 5.11 Å². The molecule has 98 valence electrons. The number of hydrogen-bond donors (Lipinski definition) is 2. The maximum absolute atomic E-state index is 9.48. The summed E-state index contributed by atoms with van der Waals surface area (Å²) in [6.45, 7) is 5.75. The van der Waals surface area contributed by atoms with Crippen molar-refractivity contribution in [2.75, 3.05) is 6.54 Å². The zero-order valence-electron chi connectivity index (χ0n) is 11.3. The molecule has 2 rings (SSSR count). The van der Waals surface area contributed by atoms with Crippen molar-refractivity contribution in [2.24, 2.45) is 11.8 Å². The quantitative estimate of drug-likeness (QED) is 0.740. The molecule has 17 heavy (non-hydrogen) atoms. The van der Waals surface area contributed by atoms with Gasteiger partial charge in [0.2, 0.25) is 0 Å². The van der Waals surface area contributed by atoms with Gasteiger partial charge in [0.25, 0.3) is 0 Å². The highest BCUT2D eigenvalue weighted by Gasteiger charge is 2.22. The van der Waals surface area contributed by atoms with Crippen LogP contribution in [-0.2, 0) is 0 Å². The third kappa shape index (κ3) is 4.11. The fourth-order valence-corrected chi connectivity index (χ4v) is 3.46. The van der Waals surface area contributed by atoms with Crippen LogP contribution in [0.2, 0.25) is 0 Å². The molecule has 0 saturated heterocycles. The van der Waals surface area contributed by atoms with Crippen molar-refractivity contribution >= 4 is 0 Å². The lowest BCUT2D eigenvalue weighted by Crippen LogP contribution is -2.38. The van der Waals surface area contributed by atoms with Gasteiger partial charge in [0.1, 0.15) is 0 Å². The monoisotopic (exact) mass is 237 g/mol. The molecule has 0 aliphatic heterocycles. The van der Waals surface area contributed by atoms with Crippen molar-refractivity contribution < 1.29 is 5.11 Å². The fourth-order valence-electron chi connectivity index (χ4n) is 3.46. The highest BCUT2D eigenvalue weighted by molar-refractivity contribution is 5.06. The molecule has 1 saturated carbocycles. The van der Waals surface area contributed by atoms with Crippen molar-refractivity contribution in [1.82, 2.24) is 5.32 Å². The van der Waals surface area contributed by atoms with Crippen LogP contribution in [0.3, 0.4) is 0 Å². The van der Waals surface area contributed by atoms with Crippen molar-refractivity contribution in [1.29, 1.82) is 0 Å². The topological polar surface area (TPSA) is 32.3 Å². The second-order valence-corrected chi connectivity index (χ2v) is 6.21. The van der Waals surface area contributed by atoms with Crippen molar-refractivity contribution in [3.05, 3.63) is 11.6 Å². The van der Waals surface area contributed by atoms with Gasteiger partial charge in [-0.05, 0) is 63.8 Å². The largest absolute Gasteiger partial charge is 0.393 e. The molecule has 2 aliphatic rings. The third-order valence-corrected chi connectivity index (χ3v) is 4.28. The van der Waals surface area contributed by atoms with E-state index in [2.05, 4.69) is 25.2 Å². The van der Waals surface area contributed by atoms with E-state index in [-0.39, 0.29) is 6.10 Å². The average Bonchev–Trinajstić information content (AvgIpc) is 2.27. The van der Waals surface area contributed by atoms with Gasteiger partial charge >= 0.3 is 0 Å². The second kappa shape index (κ2) is 6.01. The second-order valence-electron chi connectivity index (χ2n) is 6.21. The number of hydrogen-bond acceptors (Lipinski definition) is 2. The molecule has 0 aromatic rings. The lowest BCUT2D eigenvalue weighted by molar-refractivity contribution is 0.115. The molecule has 2 aliphatic carbocycles. The summed E-state index contributed by atoms with van der Waals surface area (Å²) in [7, 11) is 0. The number of aliphatic hydroxyl groups excluding tert-OH is 1. The number of nitrogens with one attached hydrogen (secondary N) is 1. The Balaban J connectivity index is 1.70. The minimum Gasteiger partial charge on any atom is -0.393 e. The molecule has 0 spiro atoms. The summed E-state index contributed by atoms with van der Waals surface area (Å²) in [6.07, 6.45) is 9.26. The highest BCUT2D eigenvalue weighted by atomic mass is 16.3. The Hall–Kier alpha value is -0.340. The summed E-state index contributed by atoms with van der Waals surface area (Å²) in [6, 6.07) is 0.653. The minimum atomic E-state index is -0.0343. The SMILES string of the molecule is CC1=CC(C)CC(CNC2CCC(O)CC2)C1. The summed E-state index contributed by atoms with van der Waals surface area (Å²) in [4.78, 5) is 0. The van der Waals surface area contributed by atoms with Crippen LogP contribution in [0.4, 0.5) is 0 Å². The van der Waals surface area contributed by atoms with Gasteiger partial charge in [0.15, 0.2) is 0 Å². The Morgan fingerprint density at radius 3 is 2.65 bits per heavy atom. The summed E-state index contributed by atoms with van der Waals surface area (Å²) in [5.74, 6) is 1.57. The van der Waals surface area contributed by atoms with Crippen LogP contribution in [0.1, 0.15) is 52.4 Å². The lowest BCUT2D eigenvalue weighted by atomic mass is 9.83. The van der Waals surface area contributed by atoms with Gasteiger partial charge in [0.05, 0.1) is 6.10 Å². The molecule has 0 amide bonds. The van der Waals surface area contributed by atoms with Crippen molar-refractivity contribution in [3.63, 3.8) is 0 Å². The molecule has 2 unspecified atom stereocenters. The Kier molecular flexibility index (Phi) is 4.63. The molecule has 0 aromatic carbocycles. The van der Waals surface area contributed by atoms with Crippen LogP contribution in [0, 0.1) is 11.8 Å². The van der Waals surface area contributed by atoms with E-state index >= 15 is 0 Å². The van der Waals surface area contributed by atoms with E-state index in [0.717, 1.165) is 44.1 Å². The predicted octanol–water partition coefficient (Wildman–Crippen LogP) is 2.87. The Bertz CT molecular complexity index is 266. The maximum Gasteiger partial charge on any atom is 0.0541 e. The molecule has 1 fully saturated rings. The molecule has 2 nitrogen and oxygen atoms in total. The summed E-state index contributed by atoms with van der Waals surface area (Å²) in [5, 5.41) is 13.2. The van der Waals surface area contributed by atoms with Crippen LogP contribution in [0.15, 0.2) is 11.6 Å². The Labute approximate surface area is 105 Å². The molecular formula is C15H27NO. The molecule has 0 radical (unpaired) electrons. The van der Waals surface area contributed by atoms with Crippen LogP contribution in [-0.4, -0.2) is 23.8 Å². The molecule has 2 heteroatoms. The van der Waals surface area contributed by atoms with Gasteiger partial charge in [0, 0.05) is 6.04 Å². The van der Waals surface area contributed by atoms with Gasteiger partial charge in [-0.3, -0.25) is 0 Å². The van der Waals surface area contributed by atoms with Crippen LogP contribution in [0.5, 0.6) is 0 Å². The first kappa shape index (κ1) is 13.1. The van der Waals surface area contributed by atoms with E-state index in [4.69, 9.17) is 0 Å². The van der Waals surface area contributed by atoms with E-state index in [1.165, 1.54) is 12.8 Å². The number of allylic oxidation sites excluding steroid dienone is 2. The Morgan fingerprint density at radius 2 is 2.00 bits per heavy atom. The van der Waals surface area contributed by atoms with Gasteiger partial charge in [-0.1, -0.05) is 18.6 Å². The molecule has 0 aromatic heterocycles. The first-order chi connectivity index (χ1) is 8.13. The minimum absolute atomic E-state index is 0.0343. The predicted molar refractivity (Wildman–Crippen MR) is 71.9 cm³/mol. The summed E-state index contributed by atoms with van der Waals surface area (Å²) in [5.41, 5.74) is 1.56. The van der Waals surface area contributed by atoms with Crippen LogP contribution < -0.4 is 5.32 Å². The normalized spacial score (nSPS) is 38.9. The molecule has 0 heterocycles. The van der Waals surface area contributed by atoms with Gasteiger partial charge in [-0.25, -0.2) is 0 Å². The average molecular weight is 237 g/mol. The number of rotatable bonds is 3. The first-order valence-electron chi connectivity index (χ1n) is 7.22. The summed E-state index contributed by atoms with van der Waals surface area (Å²) < 4.78 is 0. The lowest BCUT2D eigenvalue weighted by Gasteiger charge is -2.30. The van der Waals surface area contributed by atoms with Crippen molar-refractivity contribution in [2.45, 2.75) is 64.5 Å². The van der Waals surface area contributed by atoms with E-state index in [1.54, 1.807) is 5.57 Å². The van der Waals surface area contributed by atoms with Crippen LogP contribution in [0.25, 0.3) is 0 Å². The standard InChI is InChI=1S/C15H27NO/c1-11-7-12(2)9-13(8-11)10-16-14-3-5-15(17)6-4-14/h7,11,13-17H,3-6,8-10H2,1-2H3. The first-order valence-corrected chi connectivity index (χ1v) is 7.22. The van der Waals surface area contributed by atoms with Gasteiger partial charge in [-0.2, -0.15) is 0 Å². The maximum atomic E-state index is 9.48. The molecule has 2 N–H and O–H groups in total. The van der Waals surface area contributed by atoms with E-state index in [0.29, 0.717) is 6.04 Å². The molecule has 2 atom stereocenters. The fraction of sp³-hybridized carbons (Fsp3) is 0.867. The van der Waals surface area contributed by atoms with E-state index in [1.807, 2.05) is 0 Å². The van der Waals surface area contributed by atoms with Gasteiger partial charge < -0.3 is 10.4 Å². The number of aliphatic hydroxyl groups is 1. The van der Waals surface area contributed by atoms with Crippen LogP contribution >= 0.6 is 0 Å². The zero-order valence-corrected chi connectivity index (χ0v) is 11.3. The third-order valence-electron chi connectivity index (χ3n) is 4.28. The Morgan fingerprint density at radius 1 is 1.29 bits per heavy atom. The molecular weight excluding hydrogens is 210 g/mol. The summed E-state index contributed by atoms with van der Waals surface area (Å²) >= 11 is 0. The highest BCUT2D eigenvalue weighted by Crippen LogP contribution is 2.28. The zero-order chi connectivity index (χ0) is 12.3. The van der Waals surface area contributed by atoms with Crippen molar-refractivity contribution in [3.8, 4) is 0 Å². The smallest absolute Gasteiger partial charge is 0.0541 e.